The Labute approximate surface area is 158 Å². The van der Waals surface area contributed by atoms with Gasteiger partial charge in [-0.3, -0.25) is 4.90 Å². The number of benzene rings is 1. The number of nitrogens with zero attached hydrogens (tertiary/aromatic N) is 2. The molecule has 0 aliphatic carbocycles. The molecule has 0 saturated carbocycles. The van der Waals surface area contributed by atoms with Gasteiger partial charge in [-0.25, -0.2) is 9.78 Å². The van der Waals surface area contributed by atoms with E-state index in [-0.39, 0.29) is 6.61 Å². The van der Waals surface area contributed by atoms with E-state index in [4.69, 9.17) is 9.47 Å². The molecule has 1 aromatic heterocycles. The fourth-order valence-corrected chi connectivity index (χ4v) is 3.70. The van der Waals surface area contributed by atoms with Crippen molar-refractivity contribution < 1.29 is 27.4 Å². The van der Waals surface area contributed by atoms with Gasteiger partial charge in [0.15, 0.2) is 0 Å². The fraction of sp³-hybridized carbons (Fsp3) is 0.444. The van der Waals surface area contributed by atoms with Gasteiger partial charge >= 0.3 is 12.1 Å². The molecule has 1 fully saturated rings. The third-order valence-corrected chi connectivity index (χ3v) is 5.20. The lowest BCUT2D eigenvalue weighted by Gasteiger charge is -2.25. The first-order chi connectivity index (χ1) is 12.9. The van der Waals surface area contributed by atoms with Gasteiger partial charge < -0.3 is 9.47 Å². The highest BCUT2D eigenvalue weighted by Gasteiger charge is 2.31. The van der Waals surface area contributed by atoms with Crippen molar-refractivity contribution in [2.75, 3.05) is 32.9 Å². The van der Waals surface area contributed by atoms with Crippen LogP contribution in [0.3, 0.4) is 0 Å². The van der Waals surface area contributed by atoms with Crippen LogP contribution in [0.2, 0.25) is 0 Å². The first kappa shape index (κ1) is 19.8. The quantitative estimate of drug-likeness (QED) is 0.714. The highest BCUT2D eigenvalue weighted by atomic mass is 32.1. The van der Waals surface area contributed by atoms with Gasteiger partial charge in [0.1, 0.15) is 9.88 Å². The van der Waals surface area contributed by atoms with Gasteiger partial charge in [-0.1, -0.05) is 12.1 Å². The first-order valence-electron chi connectivity index (χ1n) is 8.53. The highest BCUT2D eigenvalue weighted by molar-refractivity contribution is 7.17. The van der Waals surface area contributed by atoms with Crippen molar-refractivity contribution in [3.8, 4) is 10.6 Å². The summed E-state index contributed by atoms with van der Waals surface area (Å²) in [4.78, 5) is 19.2. The number of halogens is 3. The third-order valence-electron chi connectivity index (χ3n) is 4.07. The number of carbonyl (C=O) groups excluding carboxylic acids is 1. The standard InChI is InChI=1S/C18H19F3N2O3S/c1-2-26-17(24)15-14(11-23-6-8-25-9-7-23)22-16(27-15)12-4-3-5-13(10-12)18(19,20)21/h3-5,10H,2,6-9,11H2,1H3. The van der Waals surface area contributed by atoms with Crippen LogP contribution in [0.15, 0.2) is 24.3 Å². The van der Waals surface area contributed by atoms with Gasteiger partial charge in [-0.05, 0) is 19.1 Å². The van der Waals surface area contributed by atoms with E-state index in [9.17, 15) is 18.0 Å². The summed E-state index contributed by atoms with van der Waals surface area (Å²) < 4.78 is 49.4. The van der Waals surface area contributed by atoms with Gasteiger partial charge in [-0.2, -0.15) is 13.2 Å². The van der Waals surface area contributed by atoms with Crippen molar-refractivity contribution >= 4 is 17.3 Å². The number of morpholine rings is 1. The van der Waals surface area contributed by atoms with Crippen molar-refractivity contribution in [3.63, 3.8) is 0 Å². The normalized spacial score (nSPS) is 15.7. The smallest absolute Gasteiger partial charge is 0.416 e. The van der Waals surface area contributed by atoms with Crippen LogP contribution in [0.1, 0.15) is 27.9 Å². The molecular weight excluding hydrogens is 381 g/mol. The Kier molecular flexibility index (Phi) is 6.13. The average molecular weight is 400 g/mol. The molecule has 2 heterocycles. The molecule has 1 saturated heterocycles. The molecule has 0 unspecified atom stereocenters. The number of rotatable bonds is 5. The minimum Gasteiger partial charge on any atom is -0.462 e. The minimum absolute atomic E-state index is 0.215. The average Bonchev–Trinajstić information content (AvgIpc) is 3.06. The molecule has 0 spiro atoms. The van der Waals surface area contributed by atoms with Gasteiger partial charge in [-0.15, -0.1) is 11.3 Å². The van der Waals surface area contributed by atoms with Gasteiger partial charge in [0.2, 0.25) is 0 Å². The van der Waals surface area contributed by atoms with Crippen LogP contribution in [0, 0.1) is 0 Å². The maximum absolute atomic E-state index is 13.0. The largest absolute Gasteiger partial charge is 0.462 e. The predicted molar refractivity (Wildman–Crippen MR) is 94.6 cm³/mol. The van der Waals surface area contributed by atoms with Crippen molar-refractivity contribution in [2.45, 2.75) is 19.6 Å². The SMILES string of the molecule is CCOC(=O)c1sc(-c2cccc(C(F)(F)F)c2)nc1CN1CCOCC1. The number of thiazole rings is 1. The molecule has 9 heteroatoms. The number of esters is 1. The van der Waals surface area contributed by atoms with E-state index in [2.05, 4.69) is 9.88 Å². The number of ether oxygens (including phenoxy) is 2. The monoisotopic (exact) mass is 400 g/mol. The molecule has 0 bridgehead atoms. The Morgan fingerprint density at radius 2 is 2.07 bits per heavy atom. The number of alkyl halides is 3. The second kappa shape index (κ2) is 8.37. The molecule has 1 aromatic carbocycles. The maximum atomic E-state index is 13.0. The topological polar surface area (TPSA) is 51.7 Å². The first-order valence-corrected chi connectivity index (χ1v) is 9.34. The second-order valence-corrected chi connectivity index (χ2v) is 6.98. The second-order valence-electron chi connectivity index (χ2n) is 5.98. The van der Waals surface area contributed by atoms with Crippen LogP contribution in [-0.4, -0.2) is 48.8 Å². The van der Waals surface area contributed by atoms with Crippen molar-refractivity contribution in [1.82, 2.24) is 9.88 Å². The molecule has 1 aliphatic rings. The minimum atomic E-state index is -4.44. The number of hydrogen-bond acceptors (Lipinski definition) is 6. The van der Waals surface area contributed by atoms with E-state index in [0.717, 1.165) is 23.5 Å². The Morgan fingerprint density at radius 3 is 2.74 bits per heavy atom. The number of aromatic nitrogens is 1. The maximum Gasteiger partial charge on any atom is 0.416 e. The summed E-state index contributed by atoms with van der Waals surface area (Å²) in [6.07, 6.45) is -4.44. The fourth-order valence-electron chi connectivity index (χ4n) is 2.74. The summed E-state index contributed by atoms with van der Waals surface area (Å²) in [6.45, 7) is 4.95. The lowest BCUT2D eigenvalue weighted by atomic mass is 10.1. The Bertz CT molecular complexity index is 801. The van der Waals surface area contributed by atoms with E-state index in [1.165, 1.54) is 6.07 Å². The summed E-state index contributed by atoms with van der Waals surface area (Å²) in [7, 11) is 0. The van der Waals surface area contributed by atoms with Crippen LogP contribution in [0.4, 0.5) is 13.2 Å². The molecule has 0 radical (unpaired) electrons. The van der Waals surface area contributed by atoms with Crippen molar-refractivity contribution in [1.29, 1.82) is 0 Å². The summed E-state index contributed by atoms with van der Waals surface area (Å²) in [5, 5.41) is 0.368. The number of carbonyl (C=O) groups is 1. The molecule has 146 valence electrons. The summed E-state index contributed by atoms with van der Waals surface area (Å²) >= 11 is 1.06. The Balaban J connectivity index is 1.94. The van der Waals surface area contributed by atoms with Crippen LogP contribution in [0.5, 0.6) is 0 Å². The molecule has 27 heavy (non-hydrogen) atoms. The summed E-state index contributed by atoms with van der Waals surface area (Å²) in [5.74, 6) is -0.503. The van der Waals surface area contributed by atoms with Crippen molar-refractivity contribution in [2.24, 2.45) is 0 Å². The lowest BCUT2D eigenvalue weighted by Crippen LogP contribution is -2.36. The molecule has 3 rings (SSSR count). The predicted octanol–water partition coefficient (Wildman–Crippen LogP) is 3.84. The van der Waals surface area contributed by atoms with Crippen LogP contribution < -0.4 is 0 Å². The molecule has 5 nitrogen and oxygen atoms in total. The zero-order valence-corrected chi connectivity index (χ0v) is 15.5. The zero-order chi connectivity index (χ0) is 19.4. The van der Waals surface area contributed by atoms with Gasteiger partial charge in [0, 0.05) is 25.2 Å². The molecular formula is C18H19F3N2O3S. The summed E-state index contributed by atoms with van der Waals surface area (Å²) in [5.41, 5.74) is 0.101. The summed E-state index contributed by atoms with van der Waals surface area (Å²) in [6, 6.07) is 4.96. The van der Waals surface area contributed by atoms with E-state index in [0.29, 0.717) is 54.0 Å². The highest BCUT2D eigenvalue weighted by Crippen LogP contribution is 2.34. The van der Waals surface area contributed by atoms with Gasteiger partial charge in [0.05, 0.1) is 31.1 Å². The van der Waals surface area contributed by atoms with Gasteiger partial charge in [0.25, 0.3) is 0 Å². The Morgan fingerprint density at radius 1 is 1.33 bits per heavy atom. The van der Waals surface area contributed by atoms with E-state index < -0.39 is 17.7 Å². The van der Waals surface area contributed by atoms with Crippen molar-refractivity contribution in [3.05, 3.63) is 40.4 Å². The van der Waals surface area contributed by atoms with E-state index >= 15 is 0 Å². The molecule has 1 aliphatic heterocycles. The van der Waals surface area contributed by atoms with Crippen LogP contribution >= 0.6 is 11.3 Å². The molecule has 0 atom stereocenters. The molecule has 0 N–H and O–H groups in total. The van der Waals surface area contributed by atoms with E-state index in [1.54, 1.807) is 13.0 Å². The van der Waals surface area contributed by atoms with Crippen LogP contribution in [0.25, 0.3) is 10.6 Å². The van der Waals surface area contributed by atoms with E-state index in [1.807, 2.05) is 0 Å². The third kappa shape index (κ3) is 4.85. The van der Waals surface area contributed by atoms with Crippen LogP contribution in [-0.2, 0) is 22.2 Å². The Hall–Kier alpha value is -1.97. The lowest BCUT2D eigenvalue weighted by molar-refractivity contribution is -0.137. The molecule has 0 amide bonds. The number of hydrogen-bond donors (Lipinski definition) is 0. The molecule has 2 aromatic rings. The zero-order valence-electron chi connectivity index (χ0n) is 14.7.